The van der Waals surface area contributed by atoms with Crippen molar-refractivity contribution in [3.63, 3.8) is 0 Å². The van der Waals surface area contributed by atoms with Gasteiger partial charge in [0.2, 0.25) is 0 Å². The summed E-state index contributed by atoms with van der Waals surface area (Å²) >= 11 is 5.82. The van der Waals surface area contributed by atoms with E-state index in [0.29, 0.717) is 17.5 Å². The first kappa shape index (κ1) is 13.5. The third-order valence-corrected chi connectivity index (χ3v) is 3.82. The van der Waals surface area contributed by atoms with Crippen molar-refractivity contribution in [3.8, 4) is 0 Å². The zero-order chi connectivity index (χ0) is 13.1. The van der Waals surface area contributed by atoms with Crippen molar-refractivity contribution in [2.75, 3.05) is 33.7 Å². The molecule has 3 nitrogen and oxygen atoms in total. The van der Waals surface area contributed by atoms with E-state index in [1.807, 2.05) is 0 Å². The predicted molar refractivity (Wildman–Crippen MR) is 74.3 cm³/mol. The molecule has 0 bridgehead atoms. The monoisotopic (exact) mass is 266 g/mol. The van der Waals surface area contributed by atoms with Crippen molar-refractivity contribution in [2.45, 2.75) is 12.5 Å². The predicted octanol–water partition coefficient (Wildman–Crippen LogP) is 2.16. The van der Waals surface area contributed by atoms with Crippen LogP contribution in [0.25, 0.3) is 0 Å². The fourth-order valence-corrected chi connectivity index (χ4v) is 2.42. The molecule has 98 valence electrons. The molecule has 4 heteroatoms. The number of hydrogen-bond acceptors (Lipinski definition) is 3. The van der Waals surface area contributed by atoms with Crippen LogP contribution in [0.1, 0.15) is 16.8 Å². The van der Waals surface area contributed by atoms with Gasteiger partial charge in [-0.2, -0.15) is 0 Å². The fourth-order valence-electron chi connectivity index (χ4n) is 2.29. The lowest BCUT2D eigenvalue weighted by molar-refractivity contribution is 0.0810. The number of halogens is 1. The van der Waals surface area contributed by atoms with Crippen LogP contribution in [0.5, 0.6) is 0 Å². The molecule has 0 N–H and O–H groups in total. The number of nitrogens with zero attached hydrogens (tertiary/aromatic N) is 2. The highest BCUT2D eigenvalue weighted by Gasteiger charge is 2.24. The van der Waals surface area contributed by atoms with Gasteiger partial charge in [0.25, 0.3) is 0 Å². The smallest absolute Gasteiger partial charge is 0.164 e. The highest BCUT2D eigenvalue weighted by molar-refractivity contribution is 6.30. The SMILES string of the molecule is CN1CCN(C)C(CC(=O)c2ccc(Cl)cc2)C1. The summed E-state index contributed by atoms with van der Waals surface area (Å²) < 4.78 is 0. The minimum atomic E-state index is 0.193. The molecule has 1 fully saturated rings. The van der Waals surface area contributed by atoms with Crippen LogP contribution in [0, 0.1) is 0 Å². The lowest BCUT2D eigenvalue weighted by Crippen LogP contribution is -2.50. The number of likely N-dealkylation sites (N-methyl/N-ethyl adjacent to an activating group) is 2. The third kappa shape index (κ3) is 3.31. The van der Waals surface area contributed by atoms with Crippen LogP contribution < -0.4 is 0 Å². The second-order valence-corrected chi connectivity index (χ2v) is 5.47. The summed E-state index contributed by atoms with van der Waals surface area (Å²) in [5, 5.41) is 0.668. The number of hydrogen-bond donors (Lipinski definition) is 0. The van der Waals surface area contributed by atoms with E-state index in [-0.39, 0.29) is 5.78 Å². The molecule has 18 heavy (non-hydrogen) atoms. The highest BCUT2D eigenvalue weighted by atomic mass is 35.5. The Morgan fingerprint density at radius 3 is 2.61 bits per heavy atom. The molecule has 1 aliphatic heterocycles. The molecule has 0 aliphatic carbocycles. The summed E-state index contributed by atoms with van der Waals surface area (Å²) in [6.45, 7) is 3.05. The van der Waals surface area contributed by atoms with Crippen LogP contribution in [0.4, 0.5) is 0 Å². The van der Waals surface area contributed by atoms with Gasteiger partial charge in [0, 0.05) is 42.7 Å². The molecule has 1 aliphatic rings. The average Bonchev–Trinajstić information content (AvgIpc) is 2.34. The van der Waals surface area contributed by atoms with Crippen LogP contribution in [-0.2, 0) is 0 Å². The maximum Gasteiger partial charge on any atom is 0.164 e. The molecule has 1 aromatic rings. The quantitative estimate of drug-likeness (QED) is 0.784. The van der Waals surface area contributed by atoms with E-state index in [0.717, 1.165) is 25.2 Å². The second kappa shape index (κ2) is 5.83. The molecule has 1 unspecified atom stereocenters. The molecular weight excluding hydrogens is 248 g/mol. The number of carbonyl (C=O) groups excluding carboxylic acids is 1. The Morgan fingerprint density at radius 2 is 1.94 bits per heavy atom. The molecule has 1 aromatic carbocycles. The second-order valence-electron chi connectivity index (χ2n) is 5.03. The first-order valence-corrected chi connectivity index (χ1v) is 6.61. The van der Waals surface area contributed by atoms with E-state index in [9.17, 15) is 4.79 Å². The lowest BCUT2D eigenvalue weighted by atomic mass is 10.0. The van der Waals surface area contributed by atoms with Crippen LogP contribution in [-0.4, -0.2) is 55.4 Å². The van der Waals surface area contributed by atoms with Crippen LogP contribution in [0.15, 0.2) is 24.3 Å². The van der Waals surface area contributed by atoms with Crippen molar-refractivity contribution in [1.82, 2.24) is 9.80 Å². The Kier molecular flexibility index (Phi) is 4.38. The number of benzene rings is 1. The third-order valence-electron chi connectivity index (χ3n) is 3.57. The Balaban J connectivity index is 2.00. The average molecular weight is 267 g/mol. The Hall–Kier alpha value is -0.900. The number of piperazine rings is 1. The van der Waals surface area contributed by atoms with E-state index in [1.54, 1.807) is 24.3 Å². The summed E-state index contributed by atoms with van der Waals surface area (Å²) in [5.74, 6) is 0.193. The van der Waals surface area contributed by atoms with Gasteiger partial charge in [0.1, 0.15) is 0 Å². The maximum atomic E-state index is 12.2. The Labute approximate surface area is 113 Å². The molecule has 2 rings (SSSR count). The van der Waals surface area contributed by atoms with Crippen molar-refractivity contribution in [1.29, 1.82) is 0 Å². The number of Topliss-reactive ketones (excluding diaryl/α,β-unsaturated/α-hetero) is 1. The van der Waals surface area contributed by atoms with E-state index in [4.69, 9.17) is 11.6 Å². The lowest BCUT2D eigenvalue weighted by Gasteiger charge is -2.37. The Bertz CT molecular complexity index is 418. The van der Waals surface area contributed by atoms with Crippen molar-refractivity contribution >= 4 is 17.4 Å². The molecule has 0 spiro atoms. The van der Waals surface area contributed by atoms with Gasteiger partial charge in [0.15, 0.2) is 5.78 Å². The minimum Gasteiger partial charge on any atom is -0.304 e. The van der Waals surface area contributed by atoms with Gasteiger partial charge in [0.05, 0.1) is 0 Å². The van der Waals surface area contributed by atoms with Gasteiger partial charge in [-0.15, -0.1) is 0 Å². The largest absolute Gasteiger partial charge is 0.304 e. The summed E-state index contributed by atoms with van der Waals surface area (Å²) in [6.07, 6.45) is 0.572. The first-order valence-electron chi connectivity index (χ1n) is 6.24. The van der Waals surface area contributed by atoms with Gasteiger partial charge in [-0.05, 0) is 38.4 Å². The highest BCUT2D eigenvalue weighted by Crippen LogP contribution is 2.15. The molecule has 0 aromatic heterocycles. The molecular formula is C14H19ClN2O. The fraction of sp³-hybridized carbons (Fsp3) is 0.500. The molecule has 1 heterocycles. The number of ketones is 1. The van der Waals surface area contributed by atoms with Crippen LogP contribution in [0.3, 0.4) is 0 Å². The van der Waals surface area contributed by atoms with Crippen molar-refractivity contribution in [3.05, 3.63) is 34.9 Å². The molecule has 0 radical (unpaired) electrons. The molecule has 1 saturated heterocycles. The van der Waals surface area contributed by atoms with E-state index in [1.165, 1.54) is 0 Å². The molecule has 1 atom stereocenters. The number of rotatable bonds is 3. The van der Waals surface area contributed by atoms with Crippen molar-refractivity contribution < 1.29 is 4.79 Å². The standard InChI is InChI=1S/C14H19ClN2O/c1-16-7-8-17(2)13(10-16)9-14(18)11-3-5-12(15)6-4-11/h3-6,13H,7-10H2,1-2H3. The summed E-state index contributed by atoms with van der Waals surface area (Å²) in [4.78, 5) is 16.7. The first-order chi connectivity index (χ1) is 8.56. The number of carbonyl (C=O) groups is 1. The zero-order valence-electron chi connectivity index (χ0n) is 10.9. The van der Waals surface area contributed by atoms with Gasteiger partial charge in [-0.1, -0.05) is 11.6 Å². The maximum absolute atomic E-state index is 12.2. The van der Waals surface area contributed by atoms with Crippen LogP contribution >= 0.6 is 11.6 Å². The summed E-state index contributed by atoms with van der Waals surface area (Å²) in [7, 11) is 4.19. The van der Waals surface area contributed by atoms with Crippen molar-refractivity contribution in [2.24, 2.45) is 0 Å². The minimum absolute atomic E-state index is 0.193. The normalized spacial score (nSPS) is 22.1. The molecule has 0 saturated carbocycles. The van der Waals surface area contributed by atoms with Gasteiger partial charge < -0.3 is 9.80 Å². The van der Waals surface area contributed by atoms with E-state index in [2.05, 4.69) is 23.9 Å². The van der Waals surface area contributed by atoms with Crippen LogP contribution in [0.2, 0.25) is 5.02 Å². The molecule has 0 amide bonds. The van der Waals surface area contributed by atoms with Gasteiger partial charge in [-0.3, -0.25) is 4.79 Å². The van der Waals surface area contributed by atoms with E-state index >= 15 is 0 Å². The van der Waals surface area contributed by atoms with Gasteiger partial charge in [-0.25, -0.2) is 0 Å². The summed E-state index contributed by atoms with van der Waals surface area (Å²) in [6, 6.07) is 7.46. The Morgan fingerprint density at radius 1 is 1.28 bits per heavy atom. The summed E-state index contributed by atoms with van der Waals surface area (Å²) in [5.41, 5.74) is 0.751. The van der Waals surface area contributed by atoms with Gasteiger partial charge >= 0.3 is 0 Å². The topological polar surface area (TPSA) is 23.6 Å². The van der Waals surface area contributed by atoms with E-state index < -0.39 is 0 Å². The zero-order valence-corrected chi connectivity index (χ0v) is 11.7.